The molecule has 4 atom stereocenters. The summed E-state index contributed by atoms with van der Waals surface area (Å²) < 4.78 is 11.8. The second kappa shape index (κ2) is 10.6. The molecule has 0 bridgehead atoms. The van der Waals surface area contributed by atoms with E-state index in [1.165, 1.54) is 18.6 Å². The molecule has 2 amide bonds. The van der Waals surface area contributed by atoms with Gasteiger partial charge in [-0.25, -0.2) is 4.98 Å². The fraction of sp³-hybridized carbons (Fsp3) is 0.478. The molecule has 2 N–H and O–H groups in total. The Morgan fingerprint density at radius 2 is 2.00 bits per heavy atom. The van der Waals surface area contributed by atoms with E-state index in [1.54, 1.807) is 4.90 Å². The van der Waals surface area contributed by atoms with Crippen molar-refractivity contribution in [1.29, 1.82) is 0 Å². The Balaban J connectivity index is 1.38. The molecule has 0 radical (unpaired) electrons. The summed E-state index contributed by atoms with van der Waals surface area (Å²) in [4.78, 5) is 35.2. The molecule has 3 heterocycles. The van der Waals surface area contributed by atoms with Crippen molar-refractivity contribution in [2.45, 2.75) is 50.2 Å². The van der Waals surface area contributed by atoms with E-state index in [0.717, 1.165) is 5.56 Å². The number of amides is 2. The number of aliphatic hydroxyl groups excluding tert-OH is 1. The molecule has 0 aliphatic carbocycles. The predicted molar refractivity (Wildman–Crippen MR) is 114 cm³/mol. The topological polar surface area (TPSA) is 114 Å². The van der Waals surface area contributed by atoms with Crippen molar-refractivity contribution in [3.05, 3.63) is 60.2 Å². The molecule has 2 aromatic rings. The van der Waals surface area contributed by atoms with Crippen molar-refractivity contribution in [1.82, 2.24) is 20.2 Å². The van der Waals surface area contributed by atoms with E-state index < -0.39 is 6.10 Å². The van der Waals surface area contributed by atoms with Gasteiger partial charge >= 0.3 is 0 Å². The highest BCUT2D eigenvalue weighted by Crippen LogP contribution is 2.28. The number of nitrogens with zero attached hydrogens (tertiary/aromatic N) is 3. The molecule has 9 heteroatoms. The Hall–Kier alpha value is -2.88. The first-order valence-electron chi connectivity index (χ1n) is 10.9. The van der Waals surface area contributed by atoms with E-state index in [9.17, 15) is 14.7 Å². The predicted octanol–water partition coefficient (Wildman–Crippen LogP) is 0.933. The third-order valence-corrected chi connectivity index (χ3v) is 5.77. The number of benzene rings is 1. The lowest BCUT2D eigenvalue weighted by molar-refractivity contribution is -0.151. The number of fused-ring (bicyclic) bond motifs is 1. The lowest BCUT2D eigenvalue weighted by atomic mass is 9.94. The molecule has 0 unspecified atom stereocenters. The summed E-state index contributed by atoms with van der Waals surface area (Å²) in [5, 5.41) is 13.2. The van der Waals surface area contributed by atoms with Gasteiger partial charge in [-0.05, 0) is 18.4 Å². The van der Waals surface area contributed by atoms with Crippen molar-refractivity contribution in [2.75, 3.05) is 19.8 Å². The first kappa shape index (κ1) is 22.3. The Bertz CT molecular complexity index is 898. The zero-order valence-electron chi connectivity index (χ0n) is 17.8. The minimum atomic E-state index is -0.793. The molecule has 2 fully saturated rings. The number of β-amino-alcohol motifs (C(OH)–C–C–N with tert-alkyl or cyclic N) is 1. The molecule has 2 aliphatic heterocycles. The lowest BCUT2D eigenvalue weighted by Crippen LogP contribution is -2.57. The maximum atomic E-state index is 13.1. The molecule has 2 aliphatic rings. The Kier molecular flexibility index (Phi) is 7.41. The van der Waals surface area contributed by atoms with Gasteiger partial charge in [0.15, 0.2) is 0 Å². The molecular formula is C23H28N4O5. The molecule has 0 saturated carbocycles. The van der Waals surface area contributed by atoms with E-state index in [2.05, 4.69) is 15.3 Å². The molecule has 0 spiro atoms. The van der Waals surface area contributed by atoms with Crippen LogP contribution in [-0.2, 0) is 20.8 Å². The van der Waals surface area contributed by atoms with E-state index in [4.69, 9.17) is 9.47 Å². The standard InChI is InChI=1S/C23H28N4O5/c28-17-13-27(23(30)19-12-24-8-9-25-19)20-7-6-18(32-21(20)15-31-14-17)10-22(29)26-11-16-4-2-1-3-5-16/h1-5,8-9,12,17-18,20-21,28H,6-7,10-11,13-15H2,(H,26,29)/t17-,18+,20-,21+/m1/s1. The number of aliphatic hydroxyl groups is 1. The van der Waals surface area contributed by atoms with Crippen LogP contribution in [0, 0.1) is 0 Å². The molecule has 9 nitrogen and oxygen atoms in total. The highest BCUT2D eigenvalue weighted by molar-refractivity contribution is 5.92. The van der Waals surface area contributed by atoms with Crippen molar-refractivity contribution < 1.29 is 24.2 Å². The number of ether oxygens (including phenoxy) is 2. The number of aromatic nitrogens is 2. The molecule has 32 heavy (non-hydrogen) atoms. The summed E-state index contributed by atoms with van der Waals surface area (Å²) in [5.74, 6) is -0.372. The number of nitrogens with one attached hydrogen (secondary N) is 1. The molecule has 4 rings (SSSR count). The minimum Gasteiger partial charge on any atom is -0.389 e. The van der Waals surface area contributed by atoms with Crippen LogP contribution in [0.5, 0.6) is 0 Å². The average Bonchev–Trinajstić information content (AvgIpc) is 2.81. The summed E-state index contributed by atoms with van der Waals surface area (Å²) in [6.45, 7) is 0.954. The molecule has 2 saturated heterocycles. The van der Waals surface area contributed by atoms with Crippen LogP contribution in [0.4, 0.5) is 0 Å². The smallest absolute Gasteiger partial charge is 0.274 e. The summed E-state index contributed by atoms with van der Waals surface area (Å²) in [6.07, 6.45) is 4.47. The summed E-state index contributed by atoms with van der Waals surface area (Å²) >= 11 is 0. The molecule has 170 valence electrons. The summed E-state index contributed by atoms with van der Waals surface area (Å²) in [5.41, 5.74) is 1.26. The Labute approximate surface area is 186 Å². The average molecular weight is 441 g/mol. The number of hydrogen-bond acceptors (Lipinski definition) is 7. The van der Waals surface area contributed by atoms with E-state index in [1.807, 2.05) is 30.3 Å². The Morgan fingerprint density at radius 3 is 2.78 bits per heavy atom. The van der Waals surface area contributed by atoms with Gasteiger partial charge in [0, 0.05) is 25.5 Å². The van der Waals surface area contributed by atoms with Crippen LogP contribution < -0.4 is 5.32 Å². The first-order chi connectivity index (χ1) is 15.6. The van der Waals surface area contributed by atoms with Gasteiger partial charge in [0.05, 0.1) is 44.1 Å². The normalized spacial score (nSPS) is 25.8. The number of carbonyl (C=O) groups excluding carboxylic acids is 2. The highest BCUT2D eigenvalue weighted by Gasteiger charge is 2.40. The van der Waals surface area contributed by atoms with Crippen LogP contribution >= 0.6 is 0 Å². The fourth-order valence-electron chi connectivity index (χ4n) is 4.21. The van der Waals surface area contributed by atoms with E-state index >= 15 is 0 Å². The van der Waals surface area contributed by atoms with Gasteiger partial charge in [0.2, 0.25) is 5.91 Å². The lowest BCUT2D eigenvalue weighted by Gasteiger charge is -2.44. The maximum absolute atomic E-state index is 13.1. The zero-order chi connectivity index (χ0) is 22.3. The molecular weight excluding hydrogens is 412 g/mol. The fourth-order valence-corrected chi connectivity index (χ4v) is 4.21. The monoisotopic (exact) mass is 440 g/mol. The van der Waals surface area contributed by atoms with Crippen LogP contribution in [0.15, 0.2) is 48.9 Å². The van der Waals surface area contributed by atoms with Crippen LogP contribution in [0.1, 0.15) is 35.3 Å². The van der Waals surface area contributed by atoms with Crippen molar-refractivity contribution in [3.8, 4) is 0 Å². The maximum Gasteiger partial charge on any atom is 0.274 e. The SMILES string of the molecule is O=C(C[C@@H]1CC[C@@H]2[C@H](COC[C@H](O)CN2C(=O)c2cnccn2)O1)NCc1ccccc1. The third kappa shape index (κ3) is 5.67. The van der Waals surface area contributed by atoms with Crippen LogP contribution in [-0.4, -0.2) is 75.9 Å². The summed E-state index contributed by atoms with van der Waals surface area (Å²) in [6, 6.07) is 9.46. The van der Waals surface area contributed by atoms with Crippen molar-refractivity contribution in [2.24, 2.45) is 0 Å². The molecule has 1 aromatic carbocycles. The third-order valence-electron chi connectivity index (χ3n) is 5.77. The van der Waals surface area contributed by atoms with Gasteiger partial charge < -0.3 is 24.8 Å². The first-order valence-corrected chi connectivity index (χ1v) is 10.9. The van der Waals surface area contributed by atoms with E-state index in [-0.39, 0.29) is 61.9 Å². The van der Waals surface area contributed by atoms with Crippen LogP contribution in [0.3, 0.4) is 0 Å². The molecule has 1 aromatic heterocycles. The van der Waals surface area contributed by atoms with E-state index in [0.29, 0.717) is 19.4 Å². The van der Waals surface area contributed by atoms with Crippen molar-refractivity contribution >= 4 is 11.8 Å². The van der Waals surface area contributed by atoms with Gasteiger partial charge in [0.25, 0.3) is 5.91 Å². The number of hydrogen-bond donors (Lipinski definition) is 2. The second-order valence-electron chi connectivity index (χ2n) is 8.15. The Morgan fingerprint density at radius 1 is 1.16 bits per heavy atom. The largest absolute Gasteiger partial charge is 0.389 e. The van der Waals surface area contributed by atoms with Gasteiger partial charge in [-0.15, -0.1) is 0 Å². The van der Waals surface area contributed by atoms with Gasteiger partial charge in [-0.2, -0.15) is 0 Å². The quantitative estimate of drug-likeness (QED) is 0.711. The zero-order valence-corrected chi connectivity index (χ0v) is 17.8. The summed E-state index contributed by atoms with van der Waals surface area (Å²) in [7, 11) is 0. The second-order valence-corrected chi connectivity index (χ2v) is 8.15. The van der Waals surface area contributed by atoms with Crippen LogP contribution in [0.25, 0.3) is 0 Å². The number of rotatable bonds is 5. The minimum absolute atomic E-state index is 0.0769. The number of carbonyl (C=O) groups is 2. The van der Waals surface area contributed by atoms with Crippen LogP contribution in [0.2, 0.25) is 0 Å². The van der Waals surface area contributed by atoms with Gasteiger partial charge in [-0.3, -0.25) is 14.6 Å². The highest BCUT2D eigenvalue weighted by atomic mass is 16.5. The van der Waals surface area contributed by atoms with Gasteiger partial charge in [0.1, 0.15) is 11.8 Å². The van der Waals surface area contributed by atoms with Crippen molar-refractivity contribution in [3.63, 3.8) is 0 Å². The van der Waals surface area contributed by atoms with Gasteiger partial charge in [-0.1, -0.05) is 30.3 Å².